The lowest BCUT2D eigenvalue weighted by molar-refractivity contribution is 0.112. The molecule has 0 bridgehead atoms. The van der Waals surface area contributed by atoms with Crippen molar-refractivity contribution in [3.05, 3.63) is 12.7 Å². The van der Waals surface area contributed by atoms with E-state index in [9.17, 15) is 0 Å². The van der Waals surface area contributed by atoms with E-state index in [2.05, 4.69) is 18.8 Å². The maximum Gasteiger partial charge on any atom is 0.0619 e. The molecule has 2 nitrogen and oxygen atoms in total. The molecule has 0 aromatic carbocycles. The Morgan fingerprint density at radius 3 is 2.83 bits per heavy atom. The van der Waals surface area contributed by atoms with Gasteiger partial charge in [0.05, 0.1) is 6.61 Å². The van der Waals surface area contributed by atoms with Crippen LogP contribution in [0.15, 0.2) is 12.7 Å². The number of ether oxygens (including phenoxy) is 1. The van der Waals surface area contributed by atoms with E-state index in [0.717, 1.165) is 32.5 Å². The quantitative estimate of drug-likeness (QED) is 0.445. The summed E-state index contributed by atoms with van der Waals surface area (Å²) in [5, 5.41) is 3.22. The van der Waals surface area contributed by atoms with Gasteiger partial charge in [-0.15, -0.1) is 6.58 Å². The van der Waals surface area contributed by atoms with Crippen molar-refractivity contribution in [3.8, 4) is 0 Å². The van der Waals surface area contributed by atoms with Crippen LogP contribution in [0.2, 0.25) is 0 Å². The molecule has 0 amide bonds. The van der Waals surface area contributed by atoms with Gasteiger partial charge in [-0.05, 0) is 26.3 Å². The molecule has 1 N–H and O–H groups in total. The van der Waals surface area contributed by atoms with E-state index in [1.165, 1.54) is 0 Å². The summed E-state index contributed by atoms with van der Waals surface area (Å²) in [5.41, 5.74) is 0. The molecule has 0 saturated carbocycles. The first-order valence-corrected chi connectivity index (χ1v) is 4.71. The zero-order valence-corrected chi connectivity index (χ0v) is 8.31. The summed E-state index contributed by atoms with van der Waals surface area (Å²) in [6, 6.07) is 0.481. The highest BCUT2D eigenvalue weighted by Crippen LogP contribution is 1.98. The van der Waals surface area contributed by atoms with Crippen LogP contribution in [0.4, 0.5) is 0 Å². The Hall–Kier alpha value is -0.340. The second-order valence-electron chi connectivity index (χ2n) is 2.93. The Morgan fingerprint density at radius 2 is 2.33 bits per heavy atom. The molecular formula is C10H21NO. The number of hydrogen-bond acceptors (Lipinski definition) is 2. The lowest BCUT2D eigenvalue weighted by Gasteiger charge is -2.14. The standard InChI is InChI=1S/C10H21NO/c1-4-6-7-10(11-3)9-12-8-5-2/h4,10-11H,1,5-9H2,2-3H3. The number of likely N-dealkylation sites (N-methyl/N-ethyl adjacent to an activating group) is 1. The third kappa shape index (κ3) is 6.38. The van der Waals surface area contributed by atoms with Gasteiger partial charge in [-0.1, -0.05) is 13.0 Å². The van der Waals surface area contributed by atoms with Crippen molar-refractivity contribution in [1.82, 2.24) is 5.32 Å². The summed E-state index contributed by atoms with van der Waals surface area (Å²) in [4.78, 5) is 0. The minimum Gasteiger partial charge on any atom is -0.380 e. The third-order valence-electron chi connectivity index (χ3n) is 1.79. The largest absolute Gasteiger partial charge is 0.380 e. The van der Waals surface area contributed by atoms with Gasteiger partial charge in [0.25, 0.3) is 0 Å². The van der Waals surface area contributed by atoms with Crippen molar-refractivity contribution in [2.45, 2.75) is 32.2 Å². The van der Waals surface area contributed by atoms with Gasteiger partial charge >= 0.3 is 0 Å². The molecule has 72 valence electrons. The normalized spacial score (nSPS) is 12.8. The van der Waals surface area contributed by atoms with Gasteiger partial charge in [0, 0.05) is 12.6 Å². The number of allylic oxidation sites excluding steroid dienone is 1. The van der Waals surface area contributed by atoms with Crippen LogP contribution in [-0.2, 0) is 4.74 Å². The Labute approximate surface area is 76.0 Å². The highest BCUT2D eigenvalue weighted by Gasteiger charge is 2.03. The zero-order valence-electron chi connectivity index (χ0n) is 8.31. The van der Waals surface area contributed by atoms with E-state index in [4.69, 9.17) is 4.74 Å². The Morgan fingerprint density at radius 1 is 1.58 bits per heavy atom. The van der Waals surface area contributed by atoms with Gasteiger partial charge in [-0.2, -0.15) is 0 Å². The summed E-state index contributed by atoms with van der Waals surface area (Å²) in [6.07, 6.45) is 5.22. The minimum absolute atomic E-state index is 0.481. The van der Waals surface area contributed by atoms with Gasteiger partial charge in [0.1, 0.15) is 0 Å². The van der Waals surface area contributed by atoms with E-state index in [1.807, 2.05) is 13.1 Å². The van der Waals surface area contributed by atoms with Crippen molar-refractivity contribution in [2.75, 3.05) is 20.3 Å². The van der Waals surface area contributed by atoms with Crippen LogP contribution in [0.3, 0.4) is 0 Å². The molecule has 0 spiro atoms. The fourth-order valence-electron chi connectivity index (χ4n) is 1.000. The van der Waals surface area contributed by atoms with E-state index < -0.39 is 0 Å². The molecule has 0 aromatic heterocycles. The molecule has 0 aliphatic rings. The van der Waals surface area contributed by atoms with E-state index in [1.54, 1.807) is 0 Å². The Kier molecular flexibility index (Phi) is 8.51. The van der Waals surface area contributed by atoms with Crippen molar-refractivity contribution in [3.63, 3.8) is 0 Å². The number of hydrogen-bond donors (Lipinski definition) is 1. The first kappa shape index (κ1) is 11.7. The van der Waals surface area contributed by atoms with Crippen LogP contribution in [0, 0.1) is 0 Å². The maximum absolute atomic E-state index is 5.44. The Bertz CT molecular complexity index is 104. The van der Waals surface area contributed by atoms with Crippen molar-refractivity contribution >= 4 is 0 Å². The SMILES string of the molecule is C=CCCC(COCCC)NC. The summed E-state index contributed by atoms with van der Waals surface area (Å²) in [5.74, 6) is 0. The first-order chi connectivity index (χ1) is 5.85. The van der Waals surface area contributed by atoms with E-state index in [0.29, 0.717) is 6.04 Å². The predicted octanol–water partition coefficient (Wildman–Crippen LogP) is 1.97. The molecule has 0 aliphatic heterocycles. The van der Waals surface area contributed by atoms with E-state index in [-0.39, 0.29) is 0 Å². The summed E-state index contributed by atoms with van der Waals surface area (Å²) in [7, 11) is 1.98. The maximum atomic E-state index is 5.44. The lowest BCUT2D eigenvalue weighted by atomic mass is 10.2. The van der Waals surface area contributed by atoms with Gasteiger partial charge in [0.2, 0.25) is 0 Å². The first-order valence-electron chi connectivity index (χ1n) is 4.71. The average Bonchev–Trinajstić information content (AvgIpc) is 2.11. The van der Waals surface area contributed by atoms with Crippen LogP contribution in [0.25, 0.3) is 0 Å². The van der Waals surface area contributed by atoms with Crippen molar-refractivity contribution in [1.29, 1.82) is 0 Å². The highest BCUT2D eigenvalue weighted by molar-refractivity contribution is 4.72. The molecule has 0 aliphatic carbocycles. The highest BCUT2D eigenvalue weighted by atomic mass is 16.5. The summed E-state index contributed by atoms with van der Waals surface area (Å²) < 4.78 is 5.44. The van der Waals surface area contributed by atoms with E-state index >= 15 is 0 Å². The molecule has 0 fully saturated rings. The van der Waals surface area contributed by atoms with Crippen molar-refractivity contribution in [2.24, 2.45) is 0 Å². The van der Waals surface area contributed by atoms with Crippen LogP contribution in [-0.4, -0.2) is 26.3 Å². The Balaban J connectivity index is 3.32. The van der Waals surface area contributed by atoms with Gasteiger partial charge in [-0.25, -0.2) is 0 Å². The predicted molar refractivity (Wildman–Crippen MR) is 53.4 cm³/mol. The van der Waals surface area contributed by atoms with Crippen LogP contribution < -0.4 is 5.32 Å². The molecule has 1 unspecified atom stereocenters. The molecular weight excluding hydrogens is 150 g/mol. The lowest BCUT2D eigenvalue weighted by Crippen LogP contribution is -2.30. The molecule has 12 heavy (non-hydrogen) atoms. The van der Waals surface area contributed by atoms with Gasteiger partial charge < -0.3 is 10.1 Å². The summed E-state index contributed by atoms with van der Waals surface area (Å²) in [6.45, 7) is 7.50. The second-order valence-corrected chi connectivity index (χ2v) is 2.93. The molecule has 0 radical (unpaired) electrons. The second kappa shape index (κ2) is 8.75. The zero-order chi connectivity index (χ0) is 9.23. The summed E-state index contributed by atoms with van der Waals surface area (Å²) >= 11 is 0. The average molecular weight is 171 g/mol. The molecule has 1 atom stereocenters. The van der Waals surface area contributed by atoms with Crippen LogP contribution in [0.5, 0.6) is 0 Å². The van der Waals surface area contributed by atoms with Crippen LogP contribution >= 0.6 is 0 Å². The van der Waals surface area contributed by atoms with Crippen molar-refractivity contribution < 1.29 is 4.74 Å². The fourth-order valence-corrected chi connectivity index (χ4v) is 1.000. The van der Waals surface area contributed by atoms with Crippen LogP contribution in [0.1, 0.15) is 26.2 Å². The number of nitrogens with one attached hydrogen (secondary N) is 1. The van der Waals surface area contributed by atoms with Gasteiger partial charge in [0.15, 0.2) is 0 Å². The fraction of sp³-hybridized carbons (Fsp3) is 0.800. The monoisotopic (exact) mass is 171 g/mol. The molecule has 0 saturated heterocycles. The van der Waals surface area contributed by atoms with Gasteiger partial charge in [-0.3, -0.25) is 0 Å². The molecule has 2 heteroatoms. The topological polar surface area (TPSA) is 21.3 Å². The smallest absolute Gasteiger partial charge is 0.0619 e. The minimum atomic E-state index is 0.481. The number of rotatable bonds is 8. The third-order valence-corrected chi connectivity index (χ3v) is 1.79. The molecule has 0 rings (SSSR count). The molecule has 0 heterocycles. The molecule has 0 aromatic rings.